The van der Waals surface area contributed by atoms with E-state index < -0.39 is 0 Å². The van der Waals surface area contributed by atoms with Gasteiger partial charge in [0, 0.05) is 12.5 Å². The van der Waals surface area contributed by atoms with E-state index in [0.29, 0.717) is 6.10 Å². The van der Waals surface area contributed by atoms with Crippen molar-refractivity contribution in [2.45, 2.75) is 31.8 Å². The number of allylic oxidation sites excluding steroid dienone is 1. The maximum absolute atomic E-state index is 5.51. The molecule has 1 rings (SSSR count). The quantitative estimate of drug-likeness (QED) is 0.471. The third-order valence-electron chi connectivity index (χ3n) is 1.87. The van der Waals surface area contributed by atoms with Crippen molar-refractivity contribution in [2.75, 3.05) is 12.5 Å². The molecule has 0 aliphatic carbocycles. The van der Waals surface area contributed by atoms with E-state index in [1.54, 1.807) is 0 Å². The fourth-order valence-electron chi connectivity index (χ4n) is 1.26. The molecule has 1 saturated heterocycles. The SMILES string of the molecule is ClCCC=CCC1CCCO1. The Morgan fingerprint density at radius 3 is 3.00 bits per heavy atom. The average molecular weight is 175 g/mol. The molecule has 1 aliphatic heterocycles. The molecule has 1 heterocycles. The van der Waals surface area contributed by atoms with Crippen LogP contribution in [0.4, 0.5) is 0 Å². The minimum Gasteiger partial charge on any atom is -0.378 e. The van der Waals surface area contributed by atoms with Gasteiger partial charge in [-0.25, -0.2) is 0 Å². The van der Waals surface area contributed by atoms with Crippen LogP contribution in [0.3, 0.4) is 0 Å². The maximum atomic E-state index is 5.51. The molecule has 1 atom stereocenters. The number of ether oxygens (including phenoxy) is 1. The topological polar surface area (TPSA) is 9.23 Å². The van der Waals surface area contributed by atoms with E-state index in [2.05, 4.69) is 12.2 Å². The Kier molecular flexibility index (Phi) is 4.64. The highest BCUT2D eigenvalue weighted by Gasteiger charge is 2.12. The molecule has 0 spiro atoms. The lowest BCUT2D eigenvalue weighted by Crippen LogP contribution is -2.01. The van der Waals surface area contributed by atoms with Gasteiger partial charge < -0.3 is 4.74 Å². The zero-order chi connectivity index (χ0) is 7.94. The Labute approximate surface area is 73.4 Å². The van der Waals surface area contributed by atoms with E-state index in [1.165, 1.54) is 12.8 Å². The monoisotopic (exact) mass is 174 g/mol. The van der Waals surface area contributed by atoms with Crippen LogP contribution in [-0.4, -0.2) is 18.6 Å². The summed E-state index contributed by atoms with van der Waals surface area (Å²) in [5.41, 5.74) is 0. The summed E-state index contributed by atoms with van der Waals surface area (Å²) < 4.78 is 5.45. The molecule has 1 fully saturated rings. The molecule has 0 amide bonds. The Morgan fingerprint density at radius 2 is 2.36 bits per heavy atom. The number of hydrogen-bond acceptors (Lipinski definition) is 1. The minimum atomic E-state index is 0.488. The second kappa shape index (κ2) is 5.62. The first-order valence-corrected chi connectivity index (χ1v) is 4.79. The van der Waals surface area contributed by atoms with Gasteiger partial charge in [0.25, 0.3) is 0 Å². The summed E-state index contributed by atoms with van der Waals surface area (Å²) in [5.74, 6) is 0.724. The Hall–Kier alpha value is -0.0100. The third kappa shape index (κ3) is 3.78. The highest BCUT2D eigenvalue weighted by atomic mass is 35.5. The van der Waals surface area contributed by atoms with E-state index in [0.717, 1.165) is 25.3 Å². The summed E-state index contributed by atoms with van der Waals surface area (Å²) in [6.07, 6.45) is 9.30. The van der Waals surface area contributed by atoms with Crippen LogP contribution in [0.15, 0.2) is 12.2 Å². The smallest absolute Gasteiger partial charge is 0.0610 e. The molecule has 1 aliphatic rings. The van der Waals surface area contributed by atoms with Crippen LogP contribution in [0.5, 0.6) is 0 Å². The van der Waals surface area contributed by atoms with Gasteiger partial charge in [-0.1, -0.05) is 12.2 Å². The van der Waals surface area contributed by atoms with Crippen molar-refractivity contribution in [3.63, 3.8) is 0 Å². The van der Waals surface area contributed by atoms with Crippen molar-refractivity contribution in [1.29, 1.82) is 0 Å². The lowest BCUT2D eigenvalue weighted by molar-refractivity contribution is 0.113. The van der Waals surface area contributed by atoms with E-state index >= 15 is 0 Å². The number of rotatable bonds is 4. The zero-order valence-electron chi connectivity index (χ0n) is 6.76. The van der Waals surface area contributed by atoms with Crippen LogP contribution < -0.4 is 0 Å². The van der Waals surface area contributed by atoms with E-state index in [9.17, 15) is 0 Å². The second-order valence-electron chi connectivity index (χ2n) is 2.82. The molecule has 0 aromatic rings. The van der Waals surface area contributed by atoms with Gasteiger partial charge in [-0.05, 0) is 25.7 Å². The Morgan fingerprint density at radius 1 is 1.45 bits per heavy atom. The molecule has 0 aromatic heterocycles. The summed E-state index contributed by atoms with van der Waals surface area (Å²) in [6.45, 7) is 0.952. The van der Waals surface area contributed by atoms with Crippen molar-refractivity contribution in [3.05, 3.63) is 12.2 Å². The average Bonchev–Trinajstić information content (AvgIpc) is 2.50. The summed E-state index contributed by atoms with van der Waals surface area (Å²) in [5, 5.41) is 0. The van der Waals surface area contributed by atoms with Gasteiger partial charge in [-0.2, -0.15) is 0 Å². The summed E-state index contributed by atoms with van der Waals surface area (Å²) in [4.78, 5) is 0. The fraction of sp³-hybridized carbons (Fsp3) is 0.778. The van der Waals surface area contributed by atoms with Crippen molar-refractivity contribution in [3.8, 4) is 0 Å². The van der Waals surface area contributed by atoms with Gasteiger partial charge >= 0.3 is 0 Å². The summed E-state index contributed by atoms with van der Waals surface area (Å²) in [7, 11) is 0. The molecule has 0 N–H and O–H groups in total. The molecule has 64 valence electrons. The van der Waals surface area contributed by atoms with Crippen LogP contribution in [0.25, 0.3) is 0 Å². The van der Waals surface area contributed by atoms with Crippen molar-refractivity contribution < 1.29 is 4.74 Å². The minimum absolute atomic E-state index is 0.488. The molecular weight excluding hydrogens is 160 g/mol. The zero-order valence-corrected chi connectivity index (χ0v) is 7.52. The molecule has 1 nitrogen and oxygen atoms in total. The van der Waals surface area contributed by atoms with Crippen molar-refractivity contribution >= 4 is 11.6 Å². The largest absolute Gasteiger partial charge is 0.378 e. The Bertz CT molecular complexity index is 117. The lowest BCUT2D eigenvalue weighted by atomic mass is 10.2. The molecule has 0 saturated carbocycles. The summed E-state index contributed by atoms with van der Waals surface area (Å²) in [6, 6.07) is 0. The predicted molar refractivity (Wildman–Crippen MR) is 48.1 cm³/mol. The van der Waals surface area contributed by atoms with Crippen LogP contribution >= 0.6 is 11.6 Å². The molecule has 0 bridgehead atoms. The second-order valence-corrected chi connectivity index (χ2v) is 3.20. The first-order chi connectivity index (χ1) is 5.43. The van der Waals surface area contributed by atoms with Gasteiger partial charge in [-0.15, -0.1) is 11.6 Å². The van der Waals surface area contributed by atoms with Gasteiger partial charge in [0.15, 0.2) is 0 Å². The van der Waals surface area contributed by atoms with E-state index in [1.807, 2.05) is 0 Å². The standard InChI is InChI=1S/C9H15ClO/c10-7-3-1-2-5-9-6-4-8-11-9/h1-2,9H,3-8H2. The maximum Gasteiger partial charge on any atom is 0.0610 e. The van der Waals surface area contributed by atoms with Crippen molar-refractivity contribution in [1.82, 2.24) is 0 Å². The normalized spacial score (nSPS) is 25.0. The molecular formula is C9H15ClO. The molecule has 1 unspecified atom stereocenters. The van der Waals surface area contributed by atoms with Gasteiger partial charge in [0.1, 0.15) is 0 Å². The van der Waals surface area contributed by atoms with Crippen LogP contribution in [0.2, 0.25) is 0 Å². The van der Waals surface area contributed by atoms with Gasteiger partial charge in [0.05, 0.1) is 6.10 Å². The number of halogens is 1. The fourth-order valence-corrected chi connectivity index (χ4v) is 1.39. The lowest BCUT2D eigenvalue weighted by Gasteiger charge is -2.03. The first kappa shape index (κ1) is 9.08. The first-order valence-electron chi connectivity index (χ1n) is 4.26. The highest BCUT2D eigenvalue weighted by Crippen LogP contribution is 2.15. The predicted octanol–water partition coefficient (Wildman–Crippen LogP) is 2.74. The Balaban J connectivity index is 2.01. The molecule has 11 heavy (non-hydrogen) atoms. The third-order valence-corrected chi connectivity index (χ3v) is 2.08. The molecule has 2 heteroatoms. The van der Waals surface area contributed by atoms with E-state index in [4.69, 9.17) is 16.3 Å². The van der Waals surface area contributed by atoms with Crippen molar-refractivity contribution in [2.24, 2.45) is 0 Å². The molecule has 0 aromatic carbocycles. The van der Waals surface area contributed by atoms with E-state index in [-0.39, 0.29) is 0 Å². The highest BCUT2D eigenvalue weighted by molar-refractivity contribution is 6.17. The summed E-state index contributed by atoms with van der Waals surface area (Å²) >= 11 is 5.51. The van der Waals surface area contributed by atoms with Gasteiger partial charge in [-0.3, -0.25) is 0 Å². The van der Waals surface area contributed by atoms with Crippen LogP contribution in [0.1, 0.15) is 25.7 Å². The van der Waals surface area contributed by atoms with Crippen LogP contribution in [0, 0.1) is 0 Å². The number of alkyl halides is 1. The van der Waals surface area contributed by atoms with Gasteiger partial charge in [0.2, 0.25) is 0 Å². The number of hydrogen-bond donors (Lipinski definition) is 0. The molecule has 0 radical (unpaired) electrons. The van der Waals surface area contributed by atoms with Crippen LogP contribution in [-0.2, 0) is 4.74 Å².